The highest BCUT2D eigenvalue weighted by atomic mass is 16.3. The van der Waals surface area contributed by atoms with Crippen molar-refractivity contribution in [3.05, 3.63) is 193 Å². The molecule has 0 radical (unpaired) electrons. The third-order valence-electron chi connectivity index (χ3n) is 9.90. The maximum Gasteiger partial charge on any atom is 0.169 e. The van der Waals surface area contributed by atoms with Crippen LogP contribution in [0.1, 0.15) is 22.9 Å². The third-order valence-corrected chi connectivity index (χ3v) is 9.90. The number of benzene rings is 8. The summed E-state index contributed by atoms with van der Waals surface area (Å²) in [7, 11) is 0. The lowest BCUT2D eigenvalue weighted by Crippen LogP contribution is -2.36. The SMILES string of the molecule is c1cc(C2=NC(c3ccc(-c4ccc5ccccc5c4)cc3)N=C(c3ccc4ccccc4c3)N2)cc(-c2cccc3oc4ccccc4c23)c1. The van der Waals surface area contributed by atoms with Gasteiger partial charge in [0.1, 0.15) is 22.8 Å². The minimum atomic E-state index is -0.418. The Morgan fingerprint density at radius 1 is 0.412 bits per heavy atom. The molecule has 1 aliphatic rings. The Hall–Kier alpha value is -6.78. The van der Waals surface area contributed by atoms with E-state index < -0.39 is 6.17 Å². The molecule has 1 aromatic heterocycles. The summed E-state index contributed by atoms with van der Waals surface area (Å²) in [6.07, 6.45) is -0.418. The minimum Gasteiger partial charge on any atom is -0.456 e. The maximum atomic E-state index is 6.22. The van der Waals surface area contributed by atoms with Crippen molar-refractivity contribution < 1.29 is 4.42 Å². The summed E-state index contributed by atoms with van der Waals surface area (Å²) in [5, 5.41) is 10.7. The van der Waals surface area contributed by atoms with Crippen molar-refractivity contribution in [3.63, 3.8) is 0 Å². The smallest absolute Gasteiger partial charge is 0.169 e. The molecular weight excluding hydrogens is 623 g/mol. The van der Waals surface area contributed by atoms with Gasteiger partial charge in [-0.1, -0.05) is 146 Å². The van der Waals surface area contributed by atoms with Crippen LogP contribution in [0.3, 0.4) is 0 Å². The Labute approximate surface area is 295 Å². The lowest BCUT2D eigenvalue weighted by Gasteiger charge is -2.23. The fourth-order valence-electron chi connectivity index (χ4n) is 7.30. The standard InChI is InChI=1S/C47H31N3O/c1-3-11-34-27-36(25-21-30(34)9-1)32-19-23-33(24-20-32)45-48-46(50-47(49-45)39-26-22-31-10-2-4-12-35(31)28-39)38-14-7-13-37(29-38)40-16-8-18-43-44(40)41-15-5-6-17-42(41)51-43/h1-29,45H,(H,48,49,50). The molecule has 0 aliphatic carbocycles. The predicted molar refractivity (Wildman–Crippen MR) is 211 cm³/mol. The van der Waals surface area contributed by atoms with Crippen LogP contribution in [0.15, 0.2) is 190 Å². The van der Waals surface area contributed by atoms with Gasteiger partial charge in [-0.05, 0) is 79.7 Å². The number of hydrogen-bond acceptors (Lipinski definition) is 4. The zero-order chi connectivity index (χ0) is 33.7. The number of furan rings is 1. The third kappa shape index (κ3) is 5.25. The molecule has 9 aromatic rings. The Morgan fingerprint density at radius 2 is 0.980 bits per heavy atom. The molecular formula is C47H31N3O. The number of fused-ring (bicyclic) bond motifs is 5. The highest BCUT2D eigenvalue weighted by molar-refractivity contribution is 6.17. The molecule has 8 aromatic carbocycles. The first kappa shape index (κ1) is 29.2. The average Bonchev–Trinajstić information content (AvgIpc) is 3.59. The van der Waals surface area contributed by atoms with Crippen LogP contribution in [0.5, 0.6) is 0 Å². The second-order valence-corrected chi connectivity index (χ2v) is 13.1. The van der Waals surface area contributed by atoms with Crippen molar-refractivity contribution in [2.45, 2.75) is 6.17 Å². The van der Waals surface area contributed by atoms with Gasteiger partial charge in [0.15, 0.2) is 6.17 Å². The van der Waals surface area contributed by atoms with Crippen LogP contribution in [-0.4, -0.2) is 11.7 Å². The molecule has 240 valence electrons. The zero-order valence-electron chi connectivity index (χ0n) is 27.6. The average molecular weight is 654 g/mol. The van der Waals surface area contributed by atoms with Gasteiger partial charge in [-0.15, -0.1) is 0 Å². The molecule has 0 spiro atoms. The first-order valence-electron chi connectivity index (χ1n) is 17.3. The molecule has 0 bridgehead atoms. The summed E-state index contributed by atoms with van der Waals surface area (Å²) < 4.78 is 6.22. The van der Waals surface area contributed by atoms with Gasteiger partial charge in [-0.2, -0.15) is 0 Å². The van der Waals surface area contributed by atoms with E-state index in [1.54, 1.807) is 0 Å². The quantitative estimate of drug-likeness (QED) is 0.201. The molecule has 51 heavy (non-hydrogen) atoms. The number of nitrogens with one attached hydrogen (secondary N) is 1. The van der Waals surface area contributed by atoms with E-state index in [2.05, 4.69) is 163 Å². The Morgan fingerprint density at radius 3 is 1.75 bits per heavy atom. The number of rotatable bonds is 5. The van der Waals surface area contributed by atoms with Gasteiger partial charge in [-0.25, -0.2) is 9.98 Å². The highest BCUT2D eigenvalue weighted by Gasteiger charge is 2.22. The van der Waals surface area contributed by atoms with Crippen molar-refractivity contribution in [3.8, 4) is 22.3 Å². The van der Waals surface area contributed by atoms with Crippen molar-refractivity contribution in [1.82, 2.24) is 5.32 Å². The summed E-state index contributed by atoms with van der Waals surface area (Å²) in [5.74, 6) is 1.57. The van der Waals surface area contributed by atoms with Gasteiger partial charge in [0.25, 0.3) is 0 Å². The van der Waals surface area contributed by atoms with E-state index in [-0.39, 0.29) is 0 Å². The Balaban J connectivity index is 1.06. The summed E-state index contributed by atoms with van der Waals surface area (Å²) in [4.78, 5) is 10.4. The molecule has 0 saturated carbocycles. The van der Waals surface area contributed by atoms with E-state index in [0.29, 0.717) is 0 Å². The molecule has 1 unspecified atom stereocenters. The number of para-hydroxylation sites is 1. The van der Waals surface area contributed by atoms with Crippen LogP contribution in [0.4, 0.5) is 0 Å². The van der Waals surface area contributed by atoms with Crippen LogP contribution in [0.2, 0.25) is 0 Å². The van der Waals surface area contributed by atoms with E-state index in [9.17, 15) is 0 Å². The monoisotopic (exact) mass is 653 g/mol. The van der Waals surface area contributed by atoms with Crippen LogP contribution in [0.25, 0.3) is 65.7 Å². The van der Waals surface area contributed by atoms with Crippen molar-refractivity contribution in [1.29, 1.82) is 0 Å². The molecule has 2 heterocycles. The van der Waals surface area contributed by atoms with Gasteiger partial charge in [0.2, 0.25) is 0 Å². The summed E-state index contributed by atoms with van der Waals surface area (Å²) in [6.45, 7) is 0. The maximum absolute atomic E-state index is 6.22. The van der Waals surface area contributed by atoms with E-state index >= 15 is 0 Å². The van der Waals surface area contributed by atoms with Crippen LogP contribution in [0, 0.1) is 0 Å². The molecule has 1 N–H and O–H groups in total. The van der Waals surface area contributed by atoms with Gasteiger partial charge in [-0.3, -0.25) is 0 Å². The molecule has 1 atom stereocenters. The first-order chi connectivity index (χ1) is 25.2. The van der Waals surface area contributed by atoms with Gasteiger partial charge in [0, 0.05) is 21.9 Å². The Bertz CT molecular complexity index is 2840. The fraction of sp³-hybridized carbons (Fsp3) is 0.0213. The van der Waals surface area contributed by atoms with E-state index in [0.717, 1.165) is 67.0 Å². The normalized spacial score (nSPS) is 14.5. The topological polar surface area (TPSA) is 49.9 Å². The predicted octanol–water partition coefficient (Wildman–Crippen LogP) is 11.7. The second-order valence-electron chi connectivity index (χ2n) is 13.1. The molecule has 0 amide bonds. The molecule has 1 aliphatic heterocycles. The molecule has 4 nitrogen and oxygen atoms in total. The summed E-state index contributed by atoms with van der Waals surface area (Å²) >= 11 is 0. The number of amidine groups is 2. The number of nitrogens with zero attached hydrogens (tertiary/aromatic N) is 2. The summed E-state index contributed by atoms with van der Waals surface area (Å²) in [6, 6.07) is 61.8. The van der Waals surface area contributed by atoms with Crippen LogP contribution in [-0.2, 0) is 0 Å². The van der Waals surface area contributed by atoms with Gasteiger partial charge in [0.05, 0.1) is 0 Å². The number of aliphatic imine (C=N–C) groups is 2. The summed E-state index contributed by atoms with van der Waals surface area (Å²) in [5.41, 5.74) is 9.38. The van der Waals surface area contributed by atoms with Crippen molar-refractivity contribution >= 4 is 55.2 Å². The van der Waals surface area contributed by atoms with E-state index in [4.69, 9.17) is 14.4 Å². The molecule has 4 heteroatoms. The largest absolute Gasteiger partial charge is 0.456 e. The van der Waals surface area contributed by atoms with Crippen LogP contribution >= 0.6 is 0 Å². The minimum absolute atomic E-state index is 0.418. The van der Waals surface area contributed by atoms with E-state index in [1.807, 2.05) is 18.2 Å². The van der Waals surface area contributed by atoms with Crippen LogP contribution < -0.4 is 5.32 Å². The first-order valence-corrected chi connectivity index (χ1v) is 17.3. The second kappa shape index (κ2) is 12.0. The van der Waals surface area contributed by atoms with Crippen molar-refractivity contribution in [2.75, 3.05) is 0 Å². The van der Waals surface area contributed by atoms with Gasteiger partial charge < -0.3 is 9.73 Å². The number of hydrogen-bond donors (Lipinski definition) is 1. The Kier molecular flexibility index (Phi) is 6.85. The lowest BCUT2D eigenvalue weighted by molar-refractivity contribution is 0.669. The van der Waals surface area contributed by atoms with Crippen molar-refractivity contribution in [2.24, 2.45) is 9.98 Å². The highest BCUT2D eigenvalue weighted by Crippen LogP contribution is 2.37. The fourth-order valence-corrected chi connectivity index (χ4v) is 7.30. The molecule has 0 saturated heterocycles. The zero-order valence-corrected chi connectivity index (χ0v) is 27.6. The molecule has 10 rings (SSSR count). The van der Waals surface area contributed by atoms with E-state index in [1.165, 1.54) is 27.1 Å². The van der Waals surface area contributed by atoms with Gasteiger partial charge >= 0.3 is 0 Å². The molecule has 0 fully saturated rings. The lowest BCUT2D eigenvalue weighted by atomic mass is 9.97.